The number of carbonyl (C=O) groups is 1. The fourth-order valence-electron chi connectivity index (χ4n) is 3.32. The molecule has 0 N–H and O–H groups in total. The maximum Gasteiger partial charge on any atom is 0.270 e. The molecule has 0 saturated carbocycles. The van der Waals surface area contributed by atoms with Crippen molar-refractivity contribution < 1.29 is 9.53 Å². The summed E-state index contributed by atoms with van der Waals surface area (Å²) in [5, 5.41) is 0. The van der Waals surface area contributed by atoms with Crippen LogP contribution >= 0.6 is 0 Å². The highest BCUT2D eigenvalue weighted by molar-refractivity contribution is 5.92. The SMILES string of the molecule is CCOC1CCN(C(=O)c2cccn2CCc2ccccc2)CC1. The molecule has 0 bridgehead atoms. The Labute approximate surface area is 144 Å². The Balaban J connectivity index is 1.59. The van der Waals surface area contributed by atoms with E-state index in [0.29, 0.717) is 6.10 Å². The van der Waals surface area contributed by atoms with Gasteiger partial charge in [-0.3, -0.25) is 4.79 Å². The van der Waals surface area contributed by atoms with Gasteiger partial charge in [-0.25, -0.2) is 0 Å². The Bertz CT molecular complexity index is 643. The zero-order chi connectivity index (χ0) is 16.8. The van der Waals surface area contributed by atoms with Gasteiger partial charge >= 0.3 is 0 Å². The third-order valence-corrected chi connectivity index (χ3v) is 4.66. The number of likely N-dealkylation sites (tertiary alicyclic amines) is 1. The van der Waals surface area contributed by atoms with Crippen LogP contribution in [0.5, 0.6) is 0 Å². The number of ether oxygens (including phenoxy) is 1. The van der Waals surface area contributed by atoms with Gasteiger partial charge in [0.1, 0.15) is 5.69 Å². The predicted octanol–water partition coefficient (Wildman–Crippen LogP) is 3.37. The van der Waals surface area contributed by atoms with Gasteiger partial charge in [0.15, 0.2) is 0 Å². The standard InChI is InChI=1S/C20H26N2O2/c1-2-24-18-11-15-22(16-12-18)20(23)19-9-6-13-21(19)14-10-17-7-4-3-5-8-17/h3-9,13,18H,2,10-12,14-16H2,1H3. The summed E-state index contributed by atoms with van der Waals surface area (Å²) >= 11 is 0. The lowest BCUT2D eigenvalue weighted by atomic mass is 10.1. The molecule has 1 aromatic heterocycles. The Morgan fingerprint density at radius 1 is 1.12 bits per heavy atom. The largest absolute Gasteiger partial charge is 0.378 e. The molecule has 1 aliphatic rings. The summed E-state index contributed by atoms with van der Waals surface area (Å²) in [6.07, 6.45) is 5.11. The highest BCUT2D eigenvalue weighted by atomic mass is 16.5. The quantitative estimate of drug-likeness (QED) is 0.816. The first kappa shape index (κ1) is 16.8. The third kappa shape index (κ3) is 4.06. The van der Waals surface area contributed by atoms with Gasteiger partial charge in [-0.05, 0) is 43.9 Å². The molecule has 0 aliphatic carbocycles. The van der Waals surface area contributed by atoms with Gasteiger partial charge in [0.2, 0.25) is 0 Å². The molecule has 0 radical (unpaired) electrons. The van der Waals surface area contributed by atoms with Crippen LogP contribution < -0.4 is 0 Å². The van der Waals surface area contributed by atoms with Gasteiger partial charge in [0.25, 0.3) is 5.91 Å². The average Bonchev–Trinajstić information content (AvgIpc) is 3.10. The number of aromatic nitrogens is 1. The van der Waals surface area contributed by atoms with E-state index in [1.54, 1.807) is 0 Å². The molecule has 3 rings (SSSR count). The van der Waals surface area contributed by atoms with E-state index in [4.69, 9.17) is 4.74 Å². The number of benzene rings is 1. The minimum absolute atomic E-state index is 0.142. The molecule has 1 aliphatic heterocycles. The van der Waals surface area contributed by atoms with Crippen molar-refractivity contribution in [3.63, 3.8) is 0 Å². The summed E-state index contributed by atoms with van der Waals surface area (Å²) in [6, 6.07) is 14.3. The molecule has 4 nitrogen and oxygen atoms in total. The zero-order valence-electron chi connectivity index (χ0n) is 14.4. The van der Waals surface area contributed by atoms with Gasteiger partial charge in [0.05, 0.1) is 6.10 Å². The number of amides is 1. The lowest BCUT2D eigenvalue weighted by molar-refractivity contribution is 0.0143. The van der Waals surface area contributed by atoms with Crippen molar-refractivity contribution in [3.8, 4) is 0 Å². The van der Waals surface area contributed by atoms with E-state index in [2.05, 4.69) is 28.8 Å². The number of carbonyl (C=O) groups excluding carboxylic acids is 1. The normalized spacial score (nSPS) is 15.6. The summed E-state index contributed by atoms with van der Waals surface area (Å²) in [7, 11) is 0. The fraction of sp³-hybridized carbons (Fsp3) is 0.450. The van der Waals surface area contributed by atoms with Crippen molar-refractivity contribution in [1.29, 1.82) is 0 Å². The number of rotatable bonds is 6. The smallest absolute Gasteiger partial charge is 0.270 e. The number of hydrogen-bond donors (Lipinski definition) is 0. The molecule has 24 heavy (non-hydrogen) atoms. The van der Waals surface area contributed by atoms with Crippen LogP contribution in [-0.4, -0.2) is 41.2 Å². The molecular weight excluding hydrogens is 300 g/mol. The summed E-state index contributed by atoms with van der Waals surface area (Å²) < 4.78 is 7.74. The third-order valence-electron chi connectivity index (χ3n) is 4.66. The Morgan fingerprint density at radius 2 is 1.88 bits per heavy atom. The van der Waals surface area contributed by atoms with Crippen molar-refractivity contribution in [1.82, 2.24) is 9.47 Å². The van der Waals surface area contributed by atoms with Gasteiger partial charge in [0, 0.05) is 32.4 Å². The van der Waals surface area contributed by atoms with Gasteiger partial charge in [-0.2, -0.15) is 0 Å². The highest BCUT2D eigenvalue weighted by Gasteiger charge is 2.25. The van der Waals surface area contributed by atoms with E-state index < -0.39 is 0 Å². The first-order chi connectivity index (χ1) is 11.8. The number of piperidine rings is 1. The molecule has 0 spiro atoms. The summed E-state index contributed by atoms with van der Waals surface area (Å²) in [4.78, 5) is 14.8. The van der Waals surface area contributed by atoms with E-state index in [1.165, 1.54) is 5.56 Å². The molecule has 1 fully saturated rings. The summed E-state index contributed by atoms with van der Waals surface area (Å²) in [5.41, 5.74) is 2.09. The van der Waals surface area contributed by atoms with E-state index >= 15 is 0 Å². The lowest BCUT2D eigenvalue weighted by Crippen LogP contribution is -2.41. The van der Waals surface area contributed by atoms with Crippen LogP contribution in [0.4, 0.5) is 0 Å². The summed E-state index contributed by atoms with van der Waals surface area (Å²) in [6.45, 7) is 5.17. The number of nitrogens with zero attached hydrogens (tertiary/aromatic N) is 2. The van der Waals surface area contributed by atoms with Crippen molar-refractivity contribution in [2.45, 2.75) is 38.8 Å². The fourth-order valence-corrected chi connectivity index (χ4v) is 3.32. The van der Waals surface area contributed by atoms with E-state index in [0.717, 1.165) is 51.2 Å². The maximum atomic E-state index is 12.8. The topological polar surface area (TPSA) is 34.5 Å². The van der Waals surface area contributed by atoms with Gasteiger partial charge in [-0.1, -0.05) is 30.3 Å². The molecule has 2 heterocycles. The predicted molar refractivity (Wildman–Crippen MR) is 95.1 cm³/mol. The van der Waals surface area contributed by atoms with Crippen LogP contribution in [0.25, 0.3) is 0 Å². The van der Waals surface area contributed by atoms with Gasteiger partial charge < -0.3 is 14.2 Å². The second-order valence-electron chi connectivity index (χ2n) is 6.27. The van der Waals surface area contributed by atoms with Crippen molar-refractivity contribution in [2.75, 3.05) is 19.7 Å². The van der Waals surface area contributed by atoms with Crippen molar-refractivity contribution >= 4 is 5.91 Å². The molecule has 2 aromatic rings. The first-order valence-electron chi connectivity index (χ1n) is 8.88. The van der Waals surface area contributed by atoms with Crippen LogP contribution in [0.1, 0.15) is 35.8 Å². The molecule has 0 atom stereocenters. The van der Waals surface area contributed by atoms with Crippen LogP contribution in [0.3, 0.4) is 0 Å². The van der Waals surface area contributed by atoms with E-state index in [1.807, 2.05) is 36.2 Å². The molecular formula is C20H26N2O2. The minimum atomic E-state index is 0.142. The Kier molecular flexibility index (Phi) is 5.70. The monoisotopic (exact) mass is 326 g/mol. The lowest BCUT2D eigenvalue weighted by Gasteiger charge is -2.32. The number of aryl methyl sites for hydroxylation is 2. The van der Waals surface area contributed by atoms with Crippen LogP contribution in [0.15, 0.2) is 48.7 Å². The molecule has 1 amide bonds. The van der Waals surface area contributed by atoms with Crippen molar-refractivity contribution in [2.24, 2.45) is 0 Å². The minimum Gasteiger partial charge on any atom is -0.378 e. The first-order valence-corrected chi connectivity index (χ1v) is 8.88. The van der Waals surface area contributed by atoms with Crippen LogP contribution in [-0.2, 0) is 17.7 Å². The second kappa shape index (κ2) is 8.15. The van der Waals surface area contributed by atoms with Gasteiger partial charge in [-0.15, -0.1) is 0 Å². The Morgan fingerprint density at radius 3 is 2.58 bits per heavy atom. The van der Waals surface area contributed by atoms with Crippen LogP contribution in [0, 0.1) is 0 Å². The highest BCUT2D eigenvalue weighted by Crippen LogP contribution is 2.17. The maximum absolute atomic E-state index is 12.8. The van der Waals surface area contributed by atoms with E-state index in [-0.39, 0.29) is 5.91 Å². The summed E-state index contributed by atoms with van der Waals surface area (Å²) in [5.74, 6) is 0.142. The van der Waals surface area contributed by atoms with E-state index in [9.17, 15) is 4.79 Å². The van der Waals surface area contributed by atoms with Crippen molar-refractivity contribution in [3.05, 3.63) is 59.9 Å². The molecule has 4 heteroatoms. The molecule has 1 aromatic carbocycles. The van der Waals surface area contributed by atoms with Crippen LogP contribution in [0.2, 0.25) is 0 Å². The number of hydrogen-bond acceptors (Lipinski definition) is 2. The molecule has 0 unspecified atom stereocenters. The Hall–Kier alpha value is -2.07. The second-order valence-corrected chi connectivity index (χ2v) is 6.27. The molecule has 128 valence electrons. The average molecular weight is 326 g/mol. The zero-order valence-corrected chi connectivity index (χ0v) is 14.4. The molecule has 1 saturated heterocycles.